The number of carbonyl (C=O) groups is 1. The first kappa shape index (κ1) is 9.21. The van der Waals surface area contributed by atoms with E-state index in [2.05, 4.69) is 19.2 Å². The summed E-state index contributed by atoms with van der Waals surface area (Å²) in [7, 11) is 0. The third-order valence-corrected chi connectivity index (χ3v) is 1.05. The molecule has 0 spiro atoms. The number of allylic oxidation sites excluding steroid dienone is 1. The summed E-state index contributed by atoms with van der Waals surface area (Å²) in [5, 5.41) is 2.64. The maximum Gasteiger partial charge on any atom is 0.223 e. The van der Waals surface area contributed by atoms with Crippen LogP contribution in [0.2, 0.25) is 0 Å². The van der Waals surface area contributed by atoms with E-state index in [-0.39, 0.29) is 5.91 Å². The number of hydrogen-bond acceptors (Lipinski definition) is 1. The lowest BCUT2D eigenvalue weighted by Gasteiger charge is -1.95. The van der Waals surface area contributed by atoms with Gasteiger partial charge in [0.05, 0.1) is 0 Å². The van der Waals surface area contributed by atoms with E-state index >= 15 is 0 Å². The van der Waals surface area contributed by atoms with Crippen LogP contribution in [0.25, 0.3) is 0 Å². The largest absolute Gasteiger partial charge is 0.333 e. The Labute approximate surface area is 62.3 Å². The Bertz CT molecular complexity index is 127. The Morgan fingerprint density at radius 1 is 1.60 bits per heavy atom. The Kier molecular flexibility index (Phi) is 4.63. The number of hydrogen-bond donors (Lipinski definition) is 1. The first-order valence-corrected chi connectivity index (χ1v) is 3.62. The molecule has 0 rings (SSSR count). The molecule has 2 heteroatoms. The van der Waals surface area contributed by atoms with Crippen molar-refractivity contribution in [3.05, 3.63) is 12.3 Å². The zero-order chi connectivity index (χ0) is 7.98. The summed E-state index contributed by atoms with van der Waals surface area (Å²) in [6, 6.07) is 0. The van der Waals surface area contributed by atoms with Crippen LogP contribution in [0.15, 0.2) is 12.3 Å². The van der Waals surface area contributed by atoms with Crippen LogP contribution in [0.5, 0.6) is 0 Å². The standard InChI is InChI=1S/C8H15NO/c1-4-8(10)9-6-5-7(2)3/h5-7H,4H2,1-3H3,(H,9,10)/b6-5+. The van der Waals surface area contributed by atoms with Gasteiger partial charge in [0.25, 0.3) is 0 Å². The smallest absolute Gasteiger partial charge is 0.223 e. The second kappa shape index (κ2) is 5.03. The van der Waals surface area contributed by atoms with Crippen LogP contribution in [-0.2, 0) is 4.79 Å². The minimum Gasteiger partial charge on any atom is -0.333 e. The minimum atomic E-state index is 0.0666. The fourth-order valence-electron chi connectivity index (χ4n) is 0.436. The highest BCUT2D eigenvalue weighted by Gasteiger charge is 1.89. The van der Waals surface area contributed by atoms with Gasteiger partial charge >= 0.3 is 0 Å². The predicted octanol–water partition coefficient (Wildman–Crippen LogP) is 1.68. The molecule has 0 aliphatic rings. The van der Waals surface area contributed by atoms with Crippen molar-refractivity contribution in [2.75, 3.05) is 0 Å². The second-order valence-corrected chi connectivity index (χ2v) is 2.52. The molecule has 2 nitrogen and oxygen atoms in total. The van der Waals surface area contributed by atoms with Gasteiger partial charge in [0.1, 0.15) is 0 Å². The number of rotatable bonds is 3. The molecule has 0 radical (unpaired) electrons. The monoisotopic (exact) mass is 141 g/mol. The van der Waals surface area contributed by atoms with Crippen LogP contribution in [0.4, 0.5) is 0 Å². The maximum absolute atomic E-state index is 10.6. The highest BCUT2D eigenvalue weighted by atomic mass is 16.1. The fourth-order valence-corrected chi connectivity index (χ4v) is 0.436. The normalized spacial score (nSPS) is 10.8. The Hall–Kier alpha value is -0.790. The number of nitrogens with one attached hydrogen (secondary N) is 1. The van der Waals surface area contributed by atoms with Crippen molar-refractivity contribution in [2.24, 2.45) is 5.92 Å². The van der Waals surface area contributed by atoms with Crippen LogP contribution >= 0.6 is 0 Å². The first-order chi connectivity index (χ1) is 4.66. The molecule has 1 N–H and O–H groups in total. The lowest BCUT2D eigenvalue weighted by atomic mass is 10.2. The summed E-state index contributed by atoms with van der Waals surface area (Å²) >= 11 is 0. The van der Waals surface area contributed by atoms with E-state index in [9.17, 15) is 4.79 Å². The van der Waals surface area contributed by atoms with E-state index in [1.807, 2.05) is 13.0 Å². The van der Waals surface area contributed by atoms with Crippen molar-refractivity contribution in [1.82, 2.24) is 5.32 Å². The summed E-state index contributed by atoms with van der Waals surface area (Å²) in [5.74, 6) is 0.564. The van der Waals surface area contributed by atoms with Gasteiger partial charge in [-0.3, -0.25) is 4.79 Å². The van der Waals surface area contributed by atoms with Gasteiger partial charge in [-0.05, 0) is 12.1 Å². The first-order valence-electron chi connectivity index (χ1n) is 3.62. The summed E-state index contributed by atoms with van der Waals surface area (Å²) < 4.78 is 0. The van der Waals surface area contributed by atoms with E-state index in [4.69, 9.17) is 0 Å². The molecule has 0 aromatic carbocycles. The molecule has 0 saturated carbocycles. The van der Waals surface area contributed by atoms with E-state index in [0.717, 1.165) is 0 Å². The quantitative estimate of drug-likeness (QED) is 0.636. The van der Waals surface area contributed by atoms with E-state index in [1.165, 1.54) is 0 Å². The van der Waals surface area contributed by atoms with Gasteiger partial charge in [-0.2, -0.15) is 0 Å². The van der Waals surface area contributed by atoms with E-state index in [1.54, 1.807) is 6.20 Å². The number of amides is 1. The van der Waals surface area contributed by atoms with Gasteiger partial charge in [0.2, 0.25) is 5.91 Å². The Morgan fingerprint density at radius 2 is 2.20 bits per heavy atom. The van der Waals surface area contributed by atoms with Crippen molar-refractivity contribution in [2.45, 2.75) is 27.2 Å². The van der Waals surface area contributed by atoms with Crippen LogP contribution < -0.4 is 5.32 Å². The molecule has 0 bridgehead atoms. The lowest BCUT2D eigenvalue weighted by Crippen LogP contribution is -2.14. The van der Waals surface area contributed by atoms with Crippen LogP contribution in [0.3, 0.4) is 0 Å². The van der Waals surface area contributed by atoms with Crippen LogP contribution in [0, 0.1) is 5.92 Å². The molecule has 0 fully saturated rings. The molecule has 0 aliphatic carbocycles. The van der Waals surface area contributed by atoms with Gasteiger partial charge in [-0.15, -0.1) is 0 Å². The second-order valence-electron chi connectivity index (χ2n) is 2.52. The SMILES string of the molecule is CCC(=O)N/C=C/C(C)C. The third-order valence-electron chi connectivity index (χ3n) is 1.05. The molecule has 0 heterocycles. The summed E-state index contributed by atoms with van der Waals surface area (Å²) in [5.41, 5.74) is 0. The van der Waals surface area contributed by atoms with E-state index in [0.29, 0.717) is 12.3 Å². The van der Waals surface area contributed by atoms with Crippen LogP contribution in [0.1, 0.15) is 27.2 Å². The molecule has 0 saturated heterocycles. The fraction of sp³-hybridized carbons (Fsp3) is 0.625. The Balaban J connectivity index is 3.43. The van der Waals surface area contributed by atoms with Gasteiger partial charge < -0.3 is 5.32 Å². The molecular weight excluding hydrogens is 126 g/mol. The molecule has 0 unspecified atom stereocenters. The maximum atomic E-state index is 10.6. The third kappa shape index (κ3) is 5.35. The zero-order valence-corrected chi connectivity index (χ0v) is 6.85. The lowest BCUT2D eigenvalue weighted by molar-refractivity contribution is -0.119. The van der Waals surface area contributed by atoms with Crippen molar-refractivity contribution in [3.63, 3.8) is 0 Å². The number of carbonyl (C=O) groups excluding carboxylic acids is 1. The summed E-state index contributed by atoms with van der Waals surface area (Å²) in [6.45, 7) is 5.96. The van der Waals surface area contributed by atoms with Crippen molar-refractivity contribution in [3.8, 4) is 0 Å². The van der Waals surface area contributed by atoms with Gasteiger partial charge in [-0.25, -0.2) is 0 Å². The highest BCUT2D eigenvalue weighted by Crippen LogP contribution is 1.90. The minimum absolute atomic E-state index is 0.0666. The predicted molar refractivity (Wildman–Crippen MR) is 42.4 cm³/mol. The topological polar surface area (TPSA) is 29.1 Å². The van der Waals surface area contributed by atoms with Crippen molar-refractivity contribution >= 4 is 5.91 Å². The van der Waals surface area contributed by atoms with Gasteiger partial charge in [0.15, 0.2) is 0 Å². The van der Waals surface area contributed by atoms with Gasteiger partial charge in [-0.1, -0.05) is 26.8 Å². The molecular formula is C8H15NO. The van der Waals surface area contributed by atoms with Crippen molar-refractivity contribution < 1.29 is 4.79 Å². The molecule has 0 aliphatic heterocycles. The summed E-state index contributed by atoms with van der Waals surface area (Å²) in [4.78, 5) is 10.6. The van der Waals surface area contributed by atoms with Gasteiger partial charge in [0, 0.05) is 6.42 Å². The van der Waals surface area contributed by atoms with Crippen molar-refractivity contribution in [1.29, 1.82) is 0 Å². The molecule has 1 amide bonds. The Morgan fingerprint density at radius 3 is 2.60 bits per heavy atom. The van der Waals surface area contributed by atoms with Crippen LogP contribution in [-0.4, -0.2) is 5.91 Å². The highest BCUT2D eigenvalue weighted by molar-refractivity contribution is 5.76. The average Bonchev–Trinajstić information content (AvgIpc) is 1.87. The molecule has 10 heavy (non-hydrogen) atoms. The average molecular weight is 141 g/mol. The molecule has 0 aromatic heterocycles. The zero-order valence-electron chi connectivity index (χ0n) is 6.85. The molecule has 0 atom stereocenters. The summed E-state index contributed by atoms with van der Waals surface area (Å²) in [6.07, 6.45) is 4.20. The molecule has 0 aromatic rings. The van der Waals surface area contributed by atoms with E-state index < -0.39 is 0 Å². The molecule has 58 valence electrons.